The molecular weight excluding hydrogens is 278 g/mol. The number of nitrogens with one attached hydrogen (secondary N) is 1. The van der Waals surface area contributed by atoms with Crippen molar-refractivity contribution in [1.82, 2.24) is 4.72 Å². The fraction of sp³-hybridized carbons (Fsp3) is 0.500. The van der Waals surface area contributed by atoms with Crippen molar-refractivity contribution in [2.45, 2.75) is 39.0 Å². The third-order valence-corrected chi connectivity index (χ3v) is 4.64. The van der Waals surface area contributed by atoms with Crippen LogP contribution in [-0.4, -0.2) is 26.0 Å². The van der Waals surface area contributed by atoms with E-state index in [9.17, 15) is 13.2 Å². The van der Waals surface area contributed by atoms with E-state index in [0.29, 0.717) is 23.6 Å². The van der Waals surface area contributed by atoms with Gasteiger partial charge >= 0.3 is 5.97 Å². The molecule has 5 nitrogen and oxygen atoms in total. The van der Waals surface area contributed by atoms with Crippen molar-refractivity contribution in [3.8, 4) is 0 Å². The van der Waals surface area contributed by atoms with E-state index in [0.717, 1.165) is 6.42 Å². The Hall–Kier alpha value is -1.40. The van der Waals surface area contributed by atoms with E-state index in [4.69, 9.17) is 5.11 Å². The monoisotopic (exact) mass is 299 g/mol. The molecule has 0 atom stereocenters. The highest BCUT2D eigenvalue weighted by molar-refractivity contribution is 7.89. The van der Waals surface area contributed by atoms with Gasteiger partial charge in [0.15, 0.2) is 0 Å². The number of carboxylic acid groups (broad SMARTS) is 1. The van der Waals surface area contributed by atoms with Crippen LogP contribution in [0.3, 0.4) is 0 Å². The number of carboxylic acids is 1. The van der Waals surface area contributed by atoms with Crippen LogP contribution in [0.4, 0.5) is 0 Å². The molecule has 0 aliphatic carbocycles. The summed E-state index contributed by atoms with van der Waals surface area (Å²) in [7, 11) is -3.66. The molecular formula is C14H21NO4S. The van der Waals surface area contributed by atoms with Crippen molar-refractivity contribution >= 4 is 16.0 Å². The second kappa shape index (κ2) is 6.37. The maximum absolute atomic E-state index is 12.1. The van der Waals surface area contributed by atoms with Gasteiger partial charge in [-0.15, -0.1) is 0 Å². The molecule has 1 aromatic carbocycles. The van der Waals surface area contributed by atoms with Crippen LogP contribution in [0.2, 0.25) is 0 Å². The molecule has 112 valence electrons. The van der Waals surface area contributed by atoms with Crippen LogP contribution in [0.15, 0.2) is 17.0 Å². The number of rotatable bonds is 6. The Labute approximate surface area is 120 Å². The highest BCUT2D eigenvalue weighted by Gasteiger charge is 2.19. The van der Waals surface area contributed by atoms with Gasteiger partial charge < -0.3 is 5.11 Å². The van der Waals surface area contributed by atoms with Gasteiger partial charge in [-0.3, -0.25) is 0 Å². The summed E-state index contributed by atoms with van der Waals surface area (Å²) >= 11 is 0. The summed E-state index contributed by atoms with van der Waals surface area (Å²) in [6.07, 6.45) is 0.732. The van der Waals surface area contributed by atoms with Crippen LogP contribution in [0.5, 0.6) is 0 Å². The van der Waals surface area contributed by atoms with E-state index in [1.165, 1.54) is 12.1 Å². The zero-order valence-corrected chi connectivity index (χ0v) is 13.0. The molecule has 1 rings (SSSR count). The van der Waals surface area contributed by atoms with Gasteiger partial charge in [0.25, 0.3) is 0 Å². The molecule has 0 heterocycles. The van der Waals surface area contributed by atoms with Crippen LogP contribution in [0.1, 0.15) is 41.8 Å². The van der Waals surface area contributed by atoms with Crippen molar-refractivity contribution in [3.05, 3.63) is 28.8 Å². The molecule has 20 heavy (non-hydrogen) atoms. The van der Waals surface area contributed by atoms with Gasteiger partial charge in [0.1, 0.15) is 0 Å². The van der Waals surface area contributed by atoms with Crippen LogP contribution in [-0.2, 0) is 10.0 Å². The molecule has 0 saturated heterocycles. The zero-order valence-electron chi connectivity index (χ0n) is 12.2. The summed E-state index contributed by atoms with van der Waals surface area (Å²) in [5.41, 5.74) is 1.25. The first-order valence-electron chi connectivity index (χ1n) is 6.49. The summed E-state index contributed by atoms with van der Waals surface area (Å²) in [5, 5.41) is 9.11. The quantitative estimate of drug-likeness (QED) is 0.844. The molecule has 0 radical (unpaired) electrons. The lowest BCUT2D eigenvalue weighted by atomic mass is 10.0. The number of aryl methyl sites for hydroxylation is 1. The summed E-state index contributed by atoms with van der Waals surface area (Å²) in [6, 6.07) is 2.71. The van der Waals surface area contributed by atoms with Crippen LogP contribution in [0.25, 0.3) is 0 Å². The molecule has 0 saturated carbocycles. The van der Waals surface area contributed by atoms with Crippen molar-refractivity contribution in [1.29, 1.82) is 0 Å². The van der Waals surface area contributed by atoms with Gasteiger partial charge in [0.05, 0.1) is 10.5 Å². The van der Waals surface area contributed by atoms with Crippen LogP contribution in [0, 0.1) is 19.8 Å². The van der Waals surface area contributed by atoms with Crippen LogP contribution >= 0.6 is 0 Å². The summed E-state index contributed by atoms with van der Waals surface area (Å²) in [5.74, 6) is -0.725. The van der Waals surface area contributed by atoms with Gasteiger partial charge in [0, 0.05) is 6.54 Å². The number of hydrogen-bond donors (Lipinski definition) is 2. The van der Waals surface area contributed by atoms with Crippen LogP contribution < -0.4 is 4.72 Å². The third-order valence-electron chi connectivity index (χ3n) is 3.20. The molecule has 2 N–H and O–H groups in total. The molecule has 0 fully saturated rings. The van der Waals surface area contributed by atoms with Crippen molar-refractivity contribution in [3.63, 3.8) is 0 Å². The molecule has 0 aromatic heterocycles. The Morgan fingerprint density at radius 3 is 2.40 bits per heavy atom. The number of aromatic carboxylic acids is 1. The van der Waals surface area contributed by atoms with E-state index in [2.05, 4.69) is 4.72 Å². The predicted octanol–water partition coefficient (Wildman–Crippen LogP) is 2.33. The van der Waals surface area contributed by atoms with Gasteiger partial charge in [0.2, 0.25) is 10.0 Å². The molecule has 1 aromatic rings. The van der Waals surface area contributed by atoms with Gasteiger partial charge in [-0.25, -0.2) is 17.9 Å². The molecule has 6 heteroatoms. The second-order valence-electron chi connectivity index (χ2n) is 5.30. The minimum Gasteiger partial charge on any atom is -0.478 e. The summed E-state index contributed by atoms with van der Waals surface area (Å²) in [4.78, 5) is 11.1. The minimum atomic E-state index is -3.66. The Kier molecular flexibility index (Phi) is 5.30. The molecule has 0 aliphatic heterocycles. The van der Waals surface area contributed by atoms with E-state index >= 15 is 0 Å². The Morgan fingerprint density at radius 2 is 1.90 bits per heavy atom. The van der Waals surface area contributed by atoms with Gasteiger partial charge in [-0.1, -0.05) is 13.8 Å². The minimum absolute atomic E-state index is 0.00163. The van der Waals surface area contributed by atoms with E-state index in [1.54, 1.807) is 13.8 Å². The average Bonchev–Trinajstić information content (AvgIpc) is 2.31. The third kappa shape index (κ3) is 4.05. The molecule has 0 amide bonds. The van der Waals surface area contributed by atoms with E-state index < -0.39 is 16.0 Å². The highest BCUT2D eigenvalue weighted by Crippen LogP contribution is 2.20. The zero-order chi connectivity index (χ0) is 15.5. The molecule has 0 spiro atoms. The Balaban J connectivity index is 3.10. The van der Waals surface area contributed by atoms with Crippen molar-refractivity contribution < 1.29 is 18.3 Å². The van der Waals surface area contributed by atoms with Gasteiger partial charge in [-0.2, -0.15) is 0 Å². The number of hydrogen-bond acceptors (Lipinski definition) is 3. The number of sulfonamides is 1. The Morgan fingerprint density at radius 1 is 1.30 bits per heavy atom. The topological polar surface area (TPSA) is 83.5 Å². The average molecular weight is 299 g/mol. The summed E-state index contributed by atoms with van der Waals surface area (Å²) in [6.45, 7) is 7.73. The Bertz CT molecular complexity index is 606. The standard InChI is InChI=1S/C14H21NO4S/c1-9(2)5-6-15-20(18,19)12-7-10(3)11(4)13(8-12)14(16)17/h7-9,15H,5-6H2,1-4H3,(H,16,17). The van der Waals surface area contributed by atoms with E-state index in [-0.39, 0.29) is 10.5 Å². The molecule has 0 aliphatic rings. The molecule has 0 bridgehead atoms. The first-order chi connectivity index (χ1) is 9.15. The maximum atomic E-state index is 12.1. The fourth-order valence-corrected chi connectivity index (χ4v) is 2.93. The lowest BCUT2D eigenvalue weighted by Gasteiger charge is -2.12. The number of benzene rings is 1. The molecule has 0 unspecified atom stereocenters. The predicted molar refractivity (Wildman–Crippen MR) is 77.5 cm³/mol. The van der Waals surface area contributed by atoms with Gasteiger partial charge in [-0.05, 0) is 49.4 Å². The number of carbonyl (C=O) groups is 1. The van der Waals surface area contributed by atoms with E-state index in [1.807, 2.05) is 13.8 Å². The summed E-state index contributed by atoms with van der Waals surface area (Å²) < 4.78 is 26.8. The normalized spacial score (nSPS) is 11.8. The first kappa shape index (κ1) is 16.7. The second-order valence-corrected chi connectivity index (χ2v) is 7.07. The maximum Gasteiger partial charge on any atom is 0.336 e. The smallest absolute Gasteiger partial charge is 0.336 e. The van der Waals surface area contributed by atoms with Crippen molar-refractivity contribution in [2.24, 2.45) is 5.92 Å². The highest BCUT2D eigenvalue weighted by atomic mass is 32.2. The largest absolute Gasteiger partial charge is 0.478 e. The lowest BCUT2D eigenvalue weighted by molar-refractivity contribution is 0.0695. The SMILES string of the molecule is Cc1cc(S(=O)(=O)NCCC(C)C)cc(C(=O)O)c1C. The lowest BCUT2D eigenvalue weighted by Crippen LogP contribution is -2.26. The van der Waals surface area contributed by atoms with Crippen molar-refractivity contribution in [2.75, 3.05) is 6.54 Å². The fourth-order valence-electron chi connectivity index (χ4n) is 1.77. The first-order valence-corrected chi connectivity index (χ1v) is 7.97.